The fourth-order valence-corrected chi connectivity index (χ4v) is 0.916. The topological polar surface area (TPSA) is 57.5 Å². The van der Waals surface area contributed by atoms with E-state index in [1.165, 1.54) is 0 Å². The first-order valence-electron chi connectivity index (χ1n) is 3.39. The molecule has 0 spiro atoms. The van der Waals surface area contributed by atoms with Gasteiger partial charge in [-0.1, -0.05) is 0 Å². The third kappa shape index (κ3) is 2.14. The Balaban J connectivity index is 3.13. The maximum atomic E-state index is 12.8. The quantitative estimate of drug-likeness (QED) is 0.735. The van der Waals surface area contributed by atoms with Crippen LogP contribution in [0.25, 0.3) is 0 Å². The molecule has 3 nitrogen and oxygen atoms in total. The van der Waals surface area contributed by atoms with Gasteiger partial charge >= 0.3 is 5.97 Å². The van der Waals surface area contributed by atoms with E-state index in [0.29, 0.717) is 12.1 Å². The minimum Gasteiger partial charge on any atom is -0.507 e. The van der Waals surface area contributed by atoms with E-state index in [2.05, 4.69) is 0 Å². The summed E-state index contributed by atoms with van der Waals surface area (Å²) in [5, 5.41) is 17.3. The standard InChI is InChI=1S/C8H6F2O3/c9-4-1-6(10)5(3-8(12)13)7(11)2-4/h1-2,11H,3H2,(H,12,13). The van der Waals surface area contributed by atoms with Gasteiger partial charge in [-0.25, -0.2) is 8.78 Å². The zero-order valence-electron chi connectivity index (χ0n) is 6.42. The molecule has 0 aromatic heterocycles. The number of rotatable bonds is 2. The molecule has 0 aliphatic carbocycles. The van der Waals surface area contributed by atoms with Gasteiger partial charge in [-0.05, 0) is 0 Å². The Bertz CT molecular complexity index is 326. The first-order chi connectivity index (χ1) is 6.00. The number of hydrogen-bond acceptors (Lipinski definition) is 2. The molecule has 5 heteroatoms. The van der Waals surface area contributed by atoms with Crippen molar-refractivity contribution in [1.29, 1.82) is 0 Å². The van der Waals surface area contributed by atoms with Crippen LogP contribution >= 0.6 is 0 Å². The van der Waals surface area contributed by atoms with E-state index in [4.69, 9.17) is 10.2 Å². The molecule has 1 rings (SSSR count). The lowest BCUT2D eigenvalue weighted by molar-refractivity contribution is -0.136. The predicted octanol–water partition coefficient (Wildman–Crippen LogP) is 1.30. The zero-order chi connectivity index (χ0) is 10.0. The smallest absolute Gasteiger partial charge is 0.308 e. The SMILES string of the molecule is O=C(O)Cc1c(O)cc(F)cc1F. The Morgan fingerprint density at radius 3 is 2.46 bits per heavy atom. The van der Waals surface area contributed by atoms with Crippen molar-refractivity contribution in [3.05, 3.63) is 29.3 Å². The fraction of sp³-hybridized carbons (Fsp3) is 0.125. The lowest BCUT2D eigenvalue weighted by atomic mass is 10.1. The Hall–Kier alpha value is -1.65. The molecule has 0 unspecified atom stereocenters. The highest BCUT2D eigenvalue weighted by molar-refractivity contribution is 5.71. The second-order valence-electron chi connectivity index (χ2n) is 2.46. The van der Waals surface area contributed by atoms with Crippen molar-refractivity contribution in [2.75, 3.05) is 0 Å². The minimum atomic E-state index is -1.29. The molecule has 0 aliphatic rings. The lowest BCUT2D eigenvalue weighted by Gasteiger charge is -2.02. The molecule has 0 atom stereocenters. The second kappa shape index (κ2) is 3.38. The number of halogens is 2. The average molecular weight is 188 g/mol. The van der Waals surface area contributed by atoms with Crippen molar-refractivity contribution in [2.45, 2.75) is 6.42 Å². The van der Waals surface area contributed by atoms with Crippen LogP contribution in [0.3, 0.4) is 0 Å². The molecule has 2 N–H and O–H groups in total. The monoisotopic (exact) mass is 188 g/mol. The van der Waals surface area contributed by atoms with Crippen LogP contribution in [0.1, 0.15) is 5.56 Å². The number of aliphatic carboxylic acids is 1. The summed E-state index contributed by atoms with van der Waals surface area (Å²) in [6, 6.07) is 1.19. The van der Waals surface area contributed by atoms with Gasteiger partial charge in [0.05, 0.1) is 6.42 Å². The van der Waals surface area contributed by atoms with Gasteiger partial charge in [0.1, 0.15) is 17.4 Å². The van der Waals surface area contributed by atoms with Crippen LogP contribution in [-0.4, -0.2) is 16.2 Å². The van der Waals surface area contributed by atoms with E-state index >= 15 is 0 Å². The number of hydrogen-bond donors (Lipinski definition) is 2. The van der Waals surface area contributed by atoms with Gasteiger partial charge in [-0.2, -0.15) is 0 Å². The van der Waals surface area contributed by atoms with Crippen LogP contribution in [0.2, 0.25) is 0 Å². The van der Waals surface area contributed by atoms with Gasteiger partial charge in [-0.15, -0.1) is 0 Å². The van der Waals surface area contributed by atoms with Gasteiger partial charge in [0, 0.05) is 17.7 Å². The Morgan fingerprint density at radius 1 is 1.38 bits per heavy atom. The Morgan fingerprint density at radius 2 is 2.00 bits per heavy atom. The molecule has 0 saturated heterocycles. The number of carboxylic acid groups (broad SMARTS) is 1. The molecule has 0 bridgehead atoms. The summed E-state index contributed by atoms with van der Waals surface area (Å²) >= 11 is 0. The van der Waals surface area contributed by atoms with E-state index < -0.39 is 35.3 Å². The Kier molecular flexibility index (Phi) is 2.46. The first-order valence-corrected chi connectivity index (χ1v) is 3.39. The fourth-order valence-electron chi connectivity index (χ4n) is 0.916. The van der Waals surface area contributed by atoms with Crippen LogP contribution in [0.15, 0.2) is 12.1 Å². The third-order valence-electron chi connectivity index (χ3n) is 1.46. The van der Waals surface area contributed by atoms with Crippen molar-refractivity contribution in [1.82, 2.24) is 0 Å². The van der Waals surface area contributed by atoms with Crippen molar-refractivity contribution in [2.24, 2.45) is 0 Å². The molecular formula is C8H6F2O3. The molecule has 13 heavy (non-hydrogen) atoms. The van der Waals surface area contributed by atoms with Gasteiger partial charge in [0.25, 0.3) is 0 Å². The number of aromatic hydroxyl groups is 1. The largest absolute Gasteiger partial charge is 0.507 e. The van der Waals surface area contributed by atoms with E-state index in [9.17, 15) is 13.6 Å². The summed E-state index contributed by atoms with van der Waals surface area (Å²) in [5.74, 6) is -3.97. The third-order valence-corrected chi connectivity index (χ3v) is 1.46. The normalized spacial score (nSPS) is 10.0. The van der Waals surface area contributed by atoms with Gasteiger partial charge < -0.3 is 10.2 Å². The van der Waals surface area contributed by atoms with Gasteiger partial charge in [0.15, 0.2) is 0 Å². The Labute approximate surface area is 72.2 Å². The van der Waals surface area contributed by atoms with Crippen molar-refractivity contribution < 1.29 is 23.8 Å². The summed E-state index contributed by atoms with van der Waals surface area (Å²) in [4.78, 5) is 10.2. The van der Waals surface area contributed by atoms with E-state index in [1.54, 1.807) is 0 Å². The summed E-state index contributed by atoms with van der Waals surface area (Å²) < 4.78 is 25.2. The number of phenolic OH excluding ortho intramolecular Hbond substituents is 1. The molecule has 0 amide bonds. The molecule has 0 radical (unpaired) electrons. The number of carboxylic acids is 1. The van der Waals surface area contributed by atoms with Crippen LogP contribution in [0, 0.1) is 11.6 Å². The summed E-state index contributed by atoms with van der Waals surface area (Å²) in [5.41, 5.74) is -0.408. The maximum Gasteiger partial charge on any atom is 0.308 e. The molecule has 0 saturated carbocycles. The molecule has 1 aromatic carbocycles. The molecule has 1 aromatic rings. The van der Waals surface area contributed by atoms with Gasteiger partial charge in [-0.3, -0.25) is 4.79 Å². The maximum absolute atomic E-state index is 12.8. The average Bonchev–Trinajstić information content (AvgIpc) is 1.96. The molecule has 0 fully saturated rings. The summed E-state index contributed by atoms with van der Waals surface area (Å²) in [6.07, 6.45) is -0.669. The number of phenols is 1. The first kappa shape index (κ1) is 9.44. The highest BCUT2D eigenvalue weighted by Crippen LogP contribution is 2.22. The lowest BCUT2D eigenvalue weighted by Crippen LogP contribution is -2.03. The molecule has 70 valence electrons. The number of carbonyl (C=O) groups is 1. The van der Waals surface area contributed by atoms with Crippen LogP contribution < -0.4 is 0 Å². The highest BCUT2D eigenvalue weighted by atomic mass is 19.1. The van der Waals surface area contributed by atoms with Crippen LogP contribution in [-0.2, 0) is 11.2 Å². The van der Waals surface area contributed by atoms with Gasteiger partial charge in [0.2, 0.25) is 0 Å². The van der Waals surface area contributed by atoms with Crippen molar-refractivity contribution in [3.8, 4) is 5.75 Å². The molecular weight excluding hydrogens is 182 g/mol. The highest BCUT2D eigenvalue weighted by Gasteiger charge is 2.13. The van der Waals surface area contributed by atoms with E-state index in [-0.39, 0.29) is 0 Å². The molecule has 0 aliphatic heterocycles. The summed E-state index contributed by atoms with van der Waals surface area (Å²) in [6.45, 7) is 0. The van der Waals surface area contributed by atoms with Crippen molar-refractivity contribution >= 4 is 5.97 Å². The number of benzene rings is 1. The summed E-state index contributed by atoms with van der Waals surface area (Å²) in [7, 11) is 0. The molecule has 0 heterocycles. The minimum absolute atomic E-state index is 0.408. The van der Waals surface area contributed by atoms with E-state index in [0.717, 1.165) is 0 Å². The van der Waals surface area contributed by atoms with Crippen LogP contribution in [0.4, 0.5) is 8.78 Å². The predicted molar refractivity (Wildman–Crippen MR) is 39.4 cm³/mol. The van der Waals surface area contributed by atoms with Crippen LogP contribution in [0.5, 0.6) is 5.75 Å². The zero-order valence-corrected chi connectivity index (χ0v) is 6.42. The van der Waals surface area contributed by atoms with E-state index in [1.807, 2.05) is 0 Å². The second-order valence-corrected chi connectivity index (χ2v) is 2.46. The van der Waals surface area contributed by atoms with Crippen molar-refractivity contribution in [3.63, 3.8) is 0 Å².